The minimum atomic E-state index is -0.527. The summed E-state index contributed by atoms with van der Waals surface area (Å²) in [7, 11) is 1.30. The van der Waals surface area contributed by atoms with Crippen LogP contribution in [0, 0.1) is 0 Å². The molecule has 0 aliphatic heterocycles. The second kappa shape index (κ2) is 9.37. The van der Waals surface area contributed by atoms with Crippen molar-refractivity contribution in [2.75, 3.05) is 24.4 Å². The largest absolute Gasteiger partial charge is 0.493 e. The molecule has 28 heavy (non-hydrogen) atoms. The Morgan fingerprint density at radius 3 is 2.54 bits per heavy atom. The van der Waals surface area contributed by atoms with Crippen molar-refractivity contribution in [2.24, 2.45) is 0 Å². The number of hydrogen-bond acceptors (Lipinski definition) is 4. The third-order valence-electron chi connectivity index (χ3n) is 4.20. The number of carbonyl (C=O) groups is 2. The molecule has 0 heterocycles. The predicted octanol–water partition coefficient (Wildman–Crippen LogP) is 5.04. The molecule has 3 aromatic carbocycles. The van der Waals surface area contributed by atoms with E-state index >= 15 is 0 Å². The van der Waals surface area contributed by atoms with Crippen LogP contribution in [0.15, 0.2) is 60.7 Å². The predicted molar refractivity (Wildman–Crippen MR) is 114 cm³/mol. The number of anilines is 1. The zero-order valence-corrected chi connectivity index (χ0v) is 17.0. The summed E-state index contributed by atoms with van der Waals surface area (Å²) >= 11 is 3.35. The van der Waals surface area contributed by atoms with Crippen LogP contribution < -0.4 is 10.1 Å². The summed E-state index contributed by atoms with van der Waals surface area (Å²) in [6.45, 7) is 0.529. The van der Waals surface area contributed by atoms with Crippen LogP contribution in [0.3, 0.4) is 0 Å². The van der Waals surface area contributed by atoms with Crippen LogP contribution in [-0.4, -0.2) is 30.9 Å². The lowest BCUT2D eigenvalue weighted by atomic mass is 10.1. The molecule has 0 saturated heterocycles. The van der Waals surface area contributed by atoms with Crippen molar-refractivity contribution < 1.29 is 19.1 Å². The lowest BCUT2D eigenvalue weighted by molar-refractivity contribution is 0.0602. The van der Waals surface area contributed by atoms with Gasteiger partial charge < -0.3 is 14.8 Å². The highest BCUT2D eigenvalue weighted by atomic mass is 79.9. The van der Waals surface area contributed by atoms with Crippen molar-refractivity contribution in [1.82, 2.24) is 0 Å². The fourth-order valence-corrected chi connectivity index (χ4v) is 3.00. The van der Waals surface area contributed by atoms with Gasteiger partial charge in [-0.25, -0.2) is 4.79 Å². The molecule has 0 aliphatic rings. The summed E-state index contributed by atoms with van der Waals surface area (Å²) in [5, 5.41) is 5.66. The Hall–Kier alpha value is -2.86. The lowest BCUT2D eigenvalue weighted by Gasteiger charge is -2.13. The zero-order chi connectivity index (χ0) is 19.9. The summed E-state index contributed by atoms with van der Waals surface area (Å²) in [6.07, 6.45) is 0.845. The molecule has 0 saturated carbocycles. The molecule has 0 radical (unpaired) electrons. The van der Waals surface area contributed by atoms with Crippen LogP contribution in [0.25, 0.3) is 10.8 Å². The smallest absolute Gasteiger partial charge is 0.339 e. The fourth-order valence-electron chi connectivity index (χ4n) is 2.77. The normalized spacial score (nSPS) is 10.5. The van der Waals surface area contributed by atoms with Crippen molar-refractivity contribution in [2.45, 2.75) is 6.42 Å². The van der Waals surface area contributed by atoms with Gasteiger partial charge in [-0.1, -0.05) is 46.3 Å². The van der Waals surface area contributed by atoms with Crippen molar-refractivity contribution in [3.63, 3.8) is 0 Å². The molecule has 0 fully saturated rings. The summed E-state index contributed by atoms with van der Waals surface area (Å²) in [4.78, 5) is 24.9. The Morgan fingerprint density at radius 1 is 1.00 bits per heavy atom. The van der Waals surface area contributed by atoms with Gasteiger partial charge in [-0.2, -0.15) is 0 Å². The van der Waals surface area contributed by atoms with Gasteiger partial charge in [0.1, 0.15) is 5.75 Å². The molecule has 0 aliphatic carbocycles. The molecule has 0 spiro atoms. The first-order valence-corrected chi connectivity index (χ1v) is 9.96. The van der Waals surface area contributed by atoms with Gasteiger partial charge in [-0.3, -0.25) is 4.79 Å². The number of amides is 1. The highest BCUT2D eigenvalue weighted by Gasteiger charge is 2.16. The van der Waals surface area contributed by atoms with Crippen molar-refractivity contribution >= 4 is 44.3 Å². The van der Waals surface area contributed by atoms with Crippen LogP contribution >= 0.6 is 15.9 Å². The van der Waals surface area contributed by atoms with Gasteiger partial charge in [0.25, 0.3) is 5.91 Å². The van der Waals surface area contributed by atoms with E-state index in [0.29, 0.717) is 23.6 Å². The molecule has 144 valence electrons. The molecule has 0 atom stereocenters. The van der Waals surface area contributed by atoms with Gasteiger partial charge in [-0.05, 0) is 41.5 Å². The lowest BCUT2D eigenvalue weighted by Crippen LogP contribution is -2.15. The van der Waals surface area contributed by atoms with Crippen LogP contribution in [-0.2, 0) is 4.74 Å². The number of benzene rings is 3. The van der Waals surface area contributed by atoms with E-state index < -0.39 is 5.97 Å². The molecule has 0 bridgehead atoms. The first-order valence-electron chi connectivity index (χ1n) is 8.83. The highest BCUT2D eigenvalue weighted by Crippen LogP contribution is 2.25. The van der Waals surface area contributed by atoms with Crippen molar-refractivity contribution in [3.8, 4) is 5.75 Å². The van der Waals surface area contributed by atoms with E-state index in [9.17, 15) is 9.59 Å². The number of nitrogens with one attached hydrogen (secondary N) is 1. The number of esters is 1. The van der Waals surface area contributed by atoms with Crippen molar-refractivity contribution in [1.29, 1.82) is 0 Å². The Kier molecular flexibility index (Phi) is 6.66. The first kappa shape index (κ1) is 19.9. The number of hydrogen-bond donors (Lipinski definition) is 1. The average molecular weight is 442 g/mol. The van der Waals surface area contributed by atoms with Gasteiger partial charge in [0, 0.05) is 17.0 Å². The van der Waals surface area contributed by atoms with Crippen LogP contribution in [0.5, 0.6) is 5.75 Å². The number of fused-ring (bicyclic) bond motifs is 1. The number of carbonyl (C=O) groups excluding carboxylic acids is 2. The molecule has 0 aromatic heterocycles. The molecule has 1 N–H and O–H groups in total. The third kappa shape index (κ3) is 4.70. The molecule has 6 heteroatoms. The Bertz CT molecular complexity index is 1000. The maximum Gasteiger partial charge on any atom is 0.339 e. The quantitative estimate of drug-likeness (QED) is 0.316. The van der Waals surface area contributed by atoms with Crippen LogP contribution in [0.2, 0.25) is 0 Å². The van der Waals surface area contributed by atoms with E-state index in [2.05, 4.69) is 21.2 Å². The molecular weight excluding hydrogens is 422 g/mol. The number of methoxy groups -OCH3 is 1. The maximum absolute atomic E-state index is 12.8. The number of ether oxygens (including phenoxy) is 2. The molecule has 5 nitrogen and oxygen atoms in total. The summed E-state index contributed by atoms with van der Waals surface area (Å²) in [6, 6.07) is 18.2. The SMILES string of the molecule is COC(=O)c1ccc(OCCCBr)cc1NC(=O)c1ccc2ccccc2c1. The van der Waals surface area contributed by atoms with Crippen molar-refractivity contribution in [3.05, 3.63) is 71.8 Å². The van der Waals surface area contributed by atoms with Gasteiger partial charge >= 0.3 is 5.97 Å². The van der Waals surface area contributed by atoms with Gasteiger partial charge in [0.05, 0.1) is 25.0 Å². The summed E-state index contributed by atoms with van der Waals surface area (Å²) < 4.78 is 10.5. The molecule has 3 aromatic rings. The zero-order valence-electron chi connectivity index (χ0n) is 15.4. The van der Waals surface area contributed by atoms with E-state index in [1.165, 1.54) is 7.11 Å². The molecule has 0 unspecified atom stereocenters. The number of halogens is 1. The van der Waals surface area contributed by atoms with Gasteiger partial charge in [0.2, 0.25) is 0 Å². The number of alkyl halides is 1. The first-order chi connectivity index (χ1) is 13.6. The van der Waals surface area contributed by atoms with Crippen LogP contribution in [0.4, 0.5) is 5.69 Å². The Labute approximate surface area is 171 Å². The maximum atomic E-state index is 12.8. The number of rotatable bonds is 7. The molecular formula is C22H20BrNO4. The summed E-state index contributed by atoms with van der Waals surface area (Å²) in [5.74, 6) is -0.267. The second-order valence-electron chi connectivity index (χ2n) is 6.11. The van der Waals surface area contributed by atoms with E-state index in [1.54, 1.807) is 24.3 Å². The topological polar surface area (TPSA) is 64.6 Å². The second-order valence-corrected chi connectivity index (χ2v) is 6.90. The molecule has 1 amide bonds. The van der Waals surface area contributed by atoms with E-state index in [0.717, 1.165) is 22.5 Å². The minimum absolute atomic E-state index is 0.268. The monoisotopic (exact) mass is 441 g/mol. The minimum Gasteiger partial charge on any atom is -0.493 e. The fraction of sp³-hybridized carbons (Fsp3) is 0.182. The Morgan fingerprint density at radius 2 is 1.79 bits per heavy atom. The van der Waals surface area contributed by atoms with Crippen LogP contribution in [0.1, 0.15) is 27.1 Å². The highest BCUT2D eigenvalue weighted by molar-refractivity contribution is 9.09. The van der Waals surface area contributed by atoms with E-state index in [-0.39, 0.29) is 11.5 Å². The van der Waals surface area contributed by atoms with E-state index in [4.69, 9.17) is 9.47 Å². The Balaban J connectivity index is 1.87. The summed E-state index contributed by atoms with van der Waals surface area (Å²) in [5.41, 5.74) is 1.12. The average Bonchev–Trinajstić information content (AvgIpc) is 2.73. The van der Waals surface area contributed by atoms with Gasteiger partial charge in [0.15, 0.2) is 0 Å². The van der Waals surface area contributed by atoms with Gasteiger partial charge in [-0.15, -0.1) is 0 Å². The van der Waals surface area contributed by atoms with E-state index in [1.807, 2.05) is 36.4 Å². The molecule has 3 rings (SSSR count). The standard InChI is InChI=1S/C22H20BrNO4/c1-27-22(26)19-10-9-18(28-12-4-11-23)14-20(19)24-21(25)17-8-7-15-5-2-3-6-16(15)13-17/h2-3,5-10,13-14H,4,11-12H2,1H3,(H,24,25). The third-order valence-corrected chi connectivity index (χ3v) is 4.76.